The summed E-state index contributed by atoms with van der Waals surface area (Å²) in [5, 5.41) is -1.39. The summed E-state index contributed by atoms with van der Waals surface area (Å²) in [7, 11) is 26.6. The van der Waals surface area contributed by atoms with Gasteiger partial charge in [-0.1, -0.05) is 0 Å². The minimum Gasteiger partial charge on any atom is -0.165 e. The van der Waals surface area contributed by atoms with Crippen molar-refractivity contribution in [3.8, 4) is 0 Å². The van der Waals surface area contributed by atoms with Gasteiger partial charge in [0.25, 0.3) is 0 Å². The summed E-state index contributed by atoms with van der Waals surface area (Å²) in [5.41, 5.74) is 0. The summed E-state index contributed by atoms with van der Waals surface area (Å²) in [5.74, 6) is 0. The van der Waals surface area contributed by atoms with Crippen LogP contribution in [0.1, 0.15) is 0 Å². The van der Waals surface area contributed by atoms with Gasteiger partial charge in [0.1, 0.15) is 0 Å². The molecule has 0 rings (SSSR count). The molecule has 0 aliphatic rings. The van der Waals surface area contributed by atoms with Crippen LogP contribution < -0.4 is 0 Å². The largest absolute Gasteiger partial charge is 0.165 e. The van der Waals surface area contributed by atoms with Gasteiger partial charge >= 0.3 is 0 Å². The van der Waals surface area contributed by atoms with Crippen LogP contribution in [0.25, 0.3) is 0 Å². The van der Waals surface area contributed by atoms with E-state index in [1.807, 2.05) is 0 Å². The number of hydrogen-bond acceptors (Lipinski definition) is 0. The Morgan fingerprint density at radius 1 is 1.25 bits per heavy atom. The van der Waals surface area contributed by atoms with Crippen molar-refractivity contribution in [3.63, 3.8) is 0 Å². The van der Waals surface area contributed by atoms with Gasteiger partial charge in [-0.25, -0.2) is 0 Å². The zero-order valence-corrected chi connectivity index (χ0v) is 4.54. The highest BCUT2D eigenvalue weighted by Crippen LogP contribution is 2.08. The molecule has 0 saturated carbocycles. The molecular formula is CB7. The first-order chi connectivity index (χ1) is 3.48. The first kappa shape index (κ1) is 8.45. The monoisotopic (exact) mass is 89.1 g/mol. The molecule has 0 amide bonds. The molecule has 25 valence electrons. The maximum atomic E-state index is 5.19. The third-order valence-corrected chi connectivity index (χ3v) is 0.785. The van der Waals surface area contributed by atoms with E-state index in [4.69, 9.17) is 39.0 Å². The summed E-state index contributed by atoms with van der Waals surface area (Å²) in [6, 6.07) is 0. The molecule has 0 unspecified atom stereocenters. The first-order valence-corrected chi connectivity index (χ1v) is 2.15. The molecule has 0 aromatic heterocycles. The van der Waals surface area contributed by atoms with Crippen molar-refractivity contribution in [1.29, 1.82) is 0 Å². The van der Waals surface area contributed by atoms with E-state index in [9.17, 15) is 0 Å². The minimum absolute atomic E-state index is 0.664. The number of rotatable bonds is 2. The van der Waals surface area contributed by atoms with E-state index >= 15 is 0 Å². The van der Waals surface area contributed by atoms with Gasteiger partial charge in [-0.3, -0.25) is 0 Å². The Kier molecular flexibility index (Phi) is 3.00. The third-order valence-electron chi connectivity index (χ3n) is 0.785. The zero-order valence-electron chi connectivity index (χ0n) is 4.54. The molecule has 0 heterocycles. The molecule has 0 saturated heterocycles. The summed E-state index contributed by atoms with van der Waals surface area (Å²) in [6.45, 7) is -0.664. The lowest BCUT2D eigenvalue weighted by molar-refractivity contribution is 1.68. The quantitative estimate of drug-likeness (QED) is 0.328. The van der Waals surface area contributed by atoms with Crippen LogP contribution in [0.3, 0.4) is 0 Å². The van der Waals surface area contributed by atoms with Crippen molar-refractivity contribution in [3.05, 3.63) is 0 Å². The molecule has 7 heteroatoms. The van der Waals surface area contributed by atoms with Crippen molar-refractivity contribution in [2.75, 3.05) is 0 Å². The van der Waals surface area contributed by atoms with E-state index in [0.29, 0.717) is 0 Å². The fraction of sp³-hybridized carbons (Fsp3) is 1.00. The molecule has 0 bridgehead atoms. The molecule has 0 aromatic rings. The SMILES string of the molecule is [B][B]B([B])C([B])([B])[B]. The van der Waals surface area contributed by atoms with E-state index in [2.05, 4.69) is 0 Å². The van der Waals surface area contributed by atoms with Crippen molar-refractivity contribution < 1.29 is 0 Å². The van der Waals surface area contributed by atoms with E-state index < -0.39 is 11.5 Å². The average molecular weight is 87.7 g/mol. The van der Waals surface area contributed by atoms with E-state index in [0.717, 1.165) is 7.06 Å². The lowest BCUT2D eigenvalue weighted by atomic mass is 8.91. The third kappa shape index (κ3) is 2.69. The van der Waals surface area contributed by atoms with Gasteiger partial charge < -0.3 is 0 Å². The van der Waals surface area contributed by atoms with Crippen LogP contribution in [0.15, 0.2) is 0 Å². The molecule has 0 atom stereocenters. The van der Waals surface area contributed by atoms with Crippen molar-refractivity contribution in [2.24, 2.45) is 0 Å². The minimum atomic E-state index is -1.39. The van der Waals surface area contributed by atoms with Crippen LogP contribution >= 0.6 is 0 Å². The smallest absolute Gasteiger partial charge is 0.0410 e. The Morgan fingerprint density at radius 2 is 1.62 bits per heavy atom. The van der Waals surface area contributed by atoms with Gasteiger partial charge in [0.15, 0.2) is 0 Å². The van der Waals surface area contributed by atoms with Gasteiger partial charge in [-0.15, -0.1) is 0 Å². The maximum Gasteiger partial charge on any atom is 0.0410 e. The normalized spacial score (nSPS) is 10.5. The van der Waals surface area contributed by atoms with Crippen LogP contribution in [0.5, 0.6) is 0 Å². The topological polar surface area (TPSA) is 0 Å². The standard InChI is InChI=1S/CB7/c2-1(3,4)8(6)7-5. The van der Waals surface area contributed by atoms with Crippen molar-refractivity contribution in [1.82, 2.24) is 0 Å². The van der Waals surface area contributed by atoms with Crippen LogP contribution in [0, 0.1) is 0 Å². The van der Waals surface area contributed by atoms with E-state index in [1.54, 1.807) is 0 Å². The van der Waals surface area contributed by atoms with Gasteiger partial charge in [0.05, 0.1) is 0 Å². The predicted molar refractivity (Wildman–Crippen MR) is 43.0 cm³/mol. The molecule has 0 spiro atoms. The second-order valence-electron chi connectivity index (χ2n) is 1.72. The molecule has 0 aliphatic carbocycles. The van der Waals surface area contributed by atoms with Crippen molar-refractivity contribution in [2.45, 2.75) is 5.01 Å². The van der Waals surface area contributed by atoms with Gasteiger partial charge in [0, 0.05) is 52.6 Å². The Bertz CT molecular complexity index is 61.3. The molecule has 11 radical (unpaired) electrons. The predicted octanol–water partition coefficient (Wildman–Crippen LogP) is -2.45. The van der Waals surface area contributed by atoms with Crippen molar-refractivity contribution >= 4 is 52.6 Å². The summed E-state index contributed by atoms with van der Waals surface area (Å²) in [4.78, 5) is 0. The molecule has 0 nitrogen and oxygen atoms in total. The lowest BCUT2D eigenvalue weighted by Crippen LogP contribution is -2.40. The summed E-state index contributed by atoms with van der Waals surface area (Å²) < 4.78 is 0. The van der Waals surface area contributed by atoms with E-state index in [-0.39, 0.29) is 0 Å². The highest BCUT2D eigenvalue weighted by molar-refractivity contribution is 7.50. The lowest BCUT2D eigenvalue weighted by Gasteiger charge is -2.25. The average Bonchev–Trinajstić information content (AvgIpc) is 1.62. The fourth-order valence-electron chi connectivity index (χ4n) is 0.167. The Hall–Kier alpha value is 0.455. The Labute approximate surface area is 58.3 Å². The fourth-order valence-corrected chi connectivity index (χ4v) is 0.167. The molecule has 0 aromatic carbocycles. The number of hydrogen-bond donors (Lipinski definition) is 0. The van der Waals surface area contributed by atoms with Crippen LogP contribution in [0.2, 0.25) is 5.01 Å². The van der Waals surface area contributed by atoms with Gasteiger partial charge in [-0.05, 0) is 0 Å². The van der Waals surface area contributed by atoms with Gasteiger partial charge in [-0.2, -0.15) is 5.01 Å². The highest BCUT2D eigenvalue weighted by Gasteiger charge is 2.17. The molecular weight excluding hydrogens is 87.7 g/mol. The molecule has 0 aliphatic heterocycles. The molecule has 8 heavy (non-hydrogen) atoms. The Morgan fingerprint density at radius 3 is 1.62 bits per heavy atom. The second-order valence-corrected chi connectivity index (χ2v) is 1.72. The molecule has 0 N–H and O–H groups in total. The highest BCUT2D eigenvalue weighted by atomic mass is 13.6. The summed E-state index contributed by atoms with van der Waals surface area (Å²) in [6.07, 6.45) is 0. The van der Waals surface area contributed by atoms with Crippen LogP contribution in [0.4, 0.5) is 0 Å². The molecule has 0 fully saturated rings. The summed E-state index contributed by atoms with van der Waals surface area (Å²) >= 11 is 0. The maximum absolute atomic E-state index is 5.19. The Balaban J connectivity index is 3.62. The van der Waals surface area contributed by atoms with E-state index in [1.165, 1.54) is 0 Å². The van der Waals surface area contributed by atoms with Crippen LogP contribution in [-0.2, 0) is 0 Å². The first-order valence-electron chi connectivity index (χ1n) is 2.15. The zero-order chi connectivity index (χ0) is 6.78. The van der Waals surface area contributed by atoms with Gasteiger partial charge in [0.2, 0.25) is 0 Å². The van der Waals surface area contributed by atoms with Crippen LogP contribution in [-0.4, -0.2) is 52.6 Å². The second kappa shape index (κ2) is 2.84.